The Kier molecular flexibility index (Phi) is 3.78. The van der Waals surface area contributed by atoms with Crippen LogP contribution in [0.4, 0.5) is 5.82 Å². The average Bonchev–Trinajstić information content (AvgIpc) is 2.53. The number of amides is 1. The van der Waals surface area contributed by atoms with Crippen LogP contribution in [-0.4, -0.2) is 23.5 Å². The van der Waals surface area contributed by atoms with Crippen LogP contribution >= 0.6 is 0 Å². The molecule has 0 saturated carbocycles. The summed E-state index contributed by atoms with van der Waals surface area (Å²) in [6.45, 7) is 0.744. The Morgan fingerprint density at radius 2 is 2.14 bits per heavy atom. The summed E-state index contributed by atoms with van der Waals surface area (Å²) < 4.78 is 0. The number of primary amides is 1. The number of fused-ring (bicyclic) bond motifs is 1. The summed E-state index contributed by atoms with van der Waals surface area (Å²) in [5.74, 6) is 0.333. The van der Waals surface area contributed by atoms with Gasteiger partial charge in [0.1, 0.15) is 17.9 Å². The first-order chi connectivity index (χ1) is 10.2. The molecule has 21 heavy (non-hydrogen) atoms. The lowest BCUT2D eigenvalue weighted by molar-refractivity contribution is -0.119. The van der Waals surface area contributed by atoms with E-state index in [1.165, 1.54) is 5.56 Å². The van der Waals surface area contributed by atoms with E-state index >= 15 is 0 Å². The van der Waals surface area contributed by atoms with Gasteiger partial charge < -0.3 is 10.6 Å². The second-order valence-electron chi connectivity index (χ2n) is 5.89. The smallest absolute Gasteiger partial charge is 0.240 e. The predicted octanol–water partition coefficient (Wildman–Crippen LogP) is 1.68. The third-order valence-electron chi connectivity index (χ3n) is 4.50. The lowest BCUT2D eigenvalue weighted by atomic mass is 9.94. The number of rotatable bonds is 2. The number of aryl methyl sites for hydroxylation is 2. The molecule has 0 bridgehead atoms. The summed E-state index contributed by atoms with van der Waals surface area (Å²) >= 11 is 0. The largest absolute Gasteiger partial charge is 0.368 e. The Hall–Kier alpha value is -2.09. The first-order valence-electron chi connectivity index (χ1n) is 7.69. The number of aromatic nitrogens is 1. The second kappa shape index (κ2) is 5.72. The molecule has 1 aliphatic heterocycles. The quantitative estimate of drug-likeness (QED) is 0.895. The number of nitriles is 1. The van der Waals surface area contributed by atoms with E-state index < -0.39 is 0 Å². The molecule has 5 heteroatoms. The fourth-order valence-electron chi connectivity index (χ4n) is 3.40. The van der Waals surface area contributed by atoms with Gasteiger partial charge in [-0.1, -0.05) is 0 Å². The van der Waals surface area contributed by atoms with Crippen molar-refractivity contribution in [2.45, 2.75) is 51.0 Å². The molecule has 2 aliphatic rings. The van der Waals surface area contributed by atoms with Gasteiger partial charge in [-0.05, 0) is 56.6 Å². The van der Waals surface area contributed by atoms with E-state index in [0.29, 0.717) is 11.4 Å². The van der Waals surface area contributed by atoms with Gasteiger partial charge in [-0.25, -0.2) is 4.98 Å². The highest BCUT2D eigenvalue weighted by Gasteiger charge is 2.30. The summed E-state index contributed by atoms with van der Waals surface area (Å²) in [5.41, 5.74) is 8.38. The summed E-state index contributed by atoms with van der Waals surface area (Å²) in [5, 5.41) is 9.44. The Morgan fingerprint density at radius 1 is 1.33 bits per heavy atom. The molecule has 0 aromatic carbocycles. The van der Waals surface area contributed by atoms with Crippen molar-refractivity contribution < 1.29 is 4.79 Å². The first-order valence-corrected chi connectivity index (χ1v) is 7.69. The van der Waals surface area contributed by atoms with Gasteiger partial charge in [-0.2, -0.15) is 5.26 Å². The zero-order chi connectivity index (χ0) is 14.8. The van der Waals surface area contributed by atoms with E-state index in [1.54, 1.807) is 0 Å². The summed E-state index contributed by atoms with van der Waals surface area (Å²) in [6.07, 6.45) is 7.01. The van der Waals surface area contributed by atoms with Crippen molar-refractivity contribution in [3.8, 4) is 6.07 Å². The number of anilines is 1. The maximum atomic E-state index is 11.7. The minimum absolute atomic E-state index is 0.321. The Balaban J connectivity index is 2.03. The van der Waals surface area contributed by atoms with Crippen LogP contribution < -0.4 is 10.6 Å². The number of hydrogen-bond acceptors (Lipinski definition) is 4. The maximum absolute atomic E-state index is 11.7. The molecular formula is C16H20N4O. The summed E-state index contributed by atoms with van der Waals surface area (Å²) in [4.78, 5) is 18.4. The van der Waals surface area contributed by atoms with E-state index in [4.69, 9.17) is 10.7 Å². The number of carbonyl (C=O) groups excluding carboxylic acids is 1. The molecular weight excluding hydrogens is 264 g/mol. The minimum atomic E-state index is -0.333. The van der Waals surface area contributed by atoms with Gasteiger partial charge in [-0.3, -0.25) is 4.79 Å². The van der Waals surface area contributed by atoms with Gasteiger partial charge in [0.05, 0.1) is 5.56 Å². The van der Waals surface area contributed by atoms with Crippen LogP contribution in [0.5, 0.6) is 0 Å². The molecule has 0 radical (unpaired) electrons. The Morgan fingerprint density at radius 3 is 2.90 bits per heavy atom. The molecule has 1 saturated heterocycles. The Bertz CT molecular complexity index is 605. The van der Waals surface area contributed by atoms with E-state index in [2.05, 4.69) is 6.07 Å². The van der Waals surface area contributed by atoms with Gasteiger partial charge in [0, 0.05) is 12.2 Å². The molecule has 1 aromatic rings. The van der Waals surface area contributed by atoms with E-state index in [1.807, 2.05) is 11.0 Å². The highest BCUT2D eigenvalue weighted by atomic mass is 16.1. The van der Waals surface area contributed by atoms with Crippen molar-refractivity contribution in [1.29, 1.82) is 5.26 Å². The van der Waals surface area contributed by atoms with Crippen molar-refractivity contribution in [3.05, 3.63) is 22.9 Å². The SMILES string of the molecule is N#Cc1cc2c(nc1N1CCCCC1C(N)=O)CCCC2. The van der Waals surface area contributed by atoms with Crippen LogP contribution in [0.1, 0.15) is 48.9 Å². The maximum Gasteiger partial charge on any atom is 0.240 e. The molecule has 2 N–H and O–H groups in total. The Labute approximate surface area is 124 Å². The highest BCUT2D eigenvalue weighted by Crippen LogP contribution is 2.30. The average molecular weight is 284 g/mol. The van der Waals surface area contributed by atoms with Crippen molar-refractivity contribution in [2.75, 3.05) is 11.4 Å². The molecule has 5 nitrogen and oxygen atoms in total. The standard InChI is InChI=1S/C16H20N4O/c17-10-12-9-11-5-1-2-6-13(11)19-16(12)20-8-4-3-7-14(20)15(18)21/h9,14H,1-8H2,(H2,18,21). The van der Waals surface area contributed by atoms with Gasteiger partial charge in [0.15, 0.2) is 0 Å². The lowest BCUT2D eigenvalue weighted by Crippen LogP contribution is -2.48. The van der Waals surface area contributed by atoms with Crippen LogP contribution in [0.3, 0.4) is 0 Å². The molecule has 1 atom stereocenters. The molecule has 2 heterocycles. The predicted molar refractivity (Wildman–Crippen MR) is 79.8 cm³/mol. The molecule has 3 rings (SSSR count). The number of nitrogens with zero attached hydrogens (tertiary/aromatic N) is 3. The number of pyridine rings is 1. The van der Waals surface area contributed by atoms with Crippen LogP contribution in [0.15, 0.2) is 6.07 Å². The molecule has 1 amide bonds. The monoisotopic (exact) mass is 284 g/mol. The normalized spacial score (nSPS) is 21.5. The second-order valence-corrected chi connectivity index (χ2v) is 5.89. The fraction of sp³-hybridized carbons (Fsp3) is 0.562. The van der Waals surface area contributed by atoms with E-state index in [9.17, 15) is 10.1 Å². The van der Waals surface area contributed by atoms with Gasteiger partial charge >= 0.3 is 0 Å². The van der Waals surface area contributed by atoms with Gasteiger partial charge in [0.2, 0.25) is 5.91 Å². The van der Waals surface area contributed by atoms with Crippen molar-refractivity contribution in [1.82, 2.24) is 4.98 Å². The first kappa shape index (κ1) is 13.9. The molecule has 1 aromatic heterocycles. The number of nitrogens with two attached hydrogens (primary N) is 1. The van der Waals surface area contributed by atoms with Crippen molar-refractivity contribution >= 4 is 11.7 Å². The van der Waals surface area contributed by atoms with Crippen LogP contribution in [0.25, 0.3) is 0 Å². The summed E-state index contributed by atoms with van der Waals surface area (Å²) in [6, 6.07) is 3.87. The molecule has 0 spiro atoms. The van der Waals surface area contributed by atoms with Crippen LogP contribution in [0, 0.1) is 11.3 Å². The number of piperidine rings is 1. The van der Waals surface area contributed by atoms with Crippen molar-refractivity contribution in [3.63, 3.8) is 0 Å². The van der Waals surface area contributed by atoms with Crippen LogP contribution in [0.2, 0.25) is 0 Å². The topological polar surface area (TPSA) is 83.0 Å². The molecule has 1 unspecified atom stereocenters. The van der Waals surface area contributed by atoms with Crippen molar-refractivity contribution in [2.24, 2.45) is 5.73 Å². The van der Waals surface area contributed by atoms with Gasteiger partial charge in [-0.15, -0.1) is 0 Å². The van der Waals surface area contributed by atoms with Crippen LogP contribution in [-0.2, 0) is 17.6 Å². The fourth-order valence-corrected chi connectivity index (χ4v) is 3.40. The third-order valence-corrected chi connectivity index (χ3v) is 4.50. The zero-order valence-electron chi connectivity index (χ0n) is 12.1. The molecule has 1 fully saturated rings. The lowest BCUT2D eigenvalue weighted by Gasteiger charge is -2.35. The summed E-state index contributed by atoms with van der Waals surface area (Å²) in [7, 11) is 0. The van der Waals surface area contributed by atoms with E-state index in [0.717, 1.165) is 57.2 Å². The minimum Gasteiger partial charge on any atom is -0.368 e. The third kappa shape index (κ3) is 2.58. The van der Waals surface area contributed by atoms with Gasteiger partial charge in [0.25, 0.3) is 0 Å². The number of hydrogen-bond donors (Lipinski definition) is 1. The zero-order valence-corrected chi connectivity index (χ0v) is 12.1. The molecule has 1 aliphatic carbocycles. The highest BCUT2D eigenvalue weighted by molar-refractivity contribution is 5.84. The number of carbonyl (C=O) groups is 1. The molecule has 110 valence electrons. The van der Waals surface area contributed by atoms with E-state index in [-0.39, 0.29) is 11.9 Å².